The minimum Gasteiger partial charge on any atom is -0.381 e. The van der Waals surface area contributed by atoms with E-state index in [0.717, 1.165) is 12.3 Å². The lowest BCUT2D eigenvalue weighted by molar-refractivity contribution is 0.440. The molecule has 3 unspecified atom stereocenters. The van der Waals surface area contributed by atoms with E-state index in [0.29, 0.717) is 22.7 Å². The van der Waals surface area contributed by atoms with Crippen molar-refractivity contribution in [1.82, 2.24) is 0 Å². The van der Waals surface area contributed by atoms with Crippen molar-refractivity contribution in [3.63, 3.8) is 0 Å². The molecular weight excluding hydrogens is 284 g/mol. The Kier molecular flexibility index (Phi) is 3.23. The predicted molar refractivity (Wildman–Crippen MR) is 75.7 cm³/mol. The van der Waals surface area contributed by atoms with Crippen molar-refractivity contribution in [2.75, 3.05) is 5.32 Å². The lowest BCUT2D eigenvalue weighted by Gasteiger charge is -2.24. The summed E-state index contributed by atoms with van der Waals surface area (Å²) < 4.78 is 22.7. The number of hydrogen-bond acceptors (Lipinski definition) is 3. The van der Waals surface area contributed by atoms with E-state index in [1.165, 1.54) is 31.4 Å². The van der Waals surface area contributed by atoms with E-state index < -0.39 is 10.0 Å². The van der Waals surface area contributed by atoms with Crippen molar-refractivity contribution in [2.45, 2.75) is 36.6 Å². The van der Waals surface area contributed by atoms with Gasteiger partial charge in [0.15, 0.2) is 0 Å². The molecule has 0 saturated heterocycles. The van der Waals surface area contributed by atoms with Crippen molar-refractivity contribution in [2.24, 2.45) is 17.0 Å². The Morgan fingerprint density at radius 3 is 2.63 bits per heavy atom. The maximum atomic E-state index is 11.4. The van der Waals surface area contributed by atoms with Crippen LogP contribution < -0.4 is 10.5 Å². The Balaban J connectivity index is 1.84. The van der Waals surface area contributed by atoms with Crippen LogP contribution >= 0.6 is 11.6 Å². The molecule has 0 spiro atoms. The highest BCUT2D eigenvalue weighted by Gasteiger charge is 2.39. The molecule has 3 rings (SSSR count). The smallest absolute Gasteiger partial charge is 0.238 e. The lowest BCUT2D eigenvalue weighted by Crippen LogP contribution is -2.26. The first-order valence-corrected chi connectivity index (χ1v) is 8.45. The van der Waals surface area contributed by atoms with Crippen molar-refractivity contribution < 1.29 is 8.42 Å². The van der Waals surface area contributed by atoms with Gasteiger partial charge in [0, 0.05) is 6.04 Å². The van der Waals surface area contributed by atoms with Crippen LogP contribution in [0.2, 0.25) is 5.02 Å². The molecule has 3 atom stereocenters. The highest BCUT2D eigenvalue weighted by atomic mass is 35.5. The van der Waals surface area contributed by atoms with E-state index in [2.05, 4.69) is 5.32 Å². The molecule has 2 fully saturated rings. The number of benzene rings is 1. The molecule has 2 aliphatic carbocycles. The molecule has 1 aromatic carbocycles. The van der Waals surface area contributed by atoms with Gasteiger partial charge in [-0.05, 0) is 49.3 Å². The van der Waals surface area contributed by atoms with Crippen LogP contribution in [0.15, 0.2) is 23.1 Å². The molecule has 19 heavy (non-hydrogen) atoms. The quantitative estimate of drug-likeness (QED) is 0.901. The van der Waals surface area contributed by atoms with Gasteiger partial charge in [-0.25, -0.2) is 13.6 Å². The van der Waals surface area contributed by atoms with Crippen molar-refractivity contribution in [3.8, 4) is 0 Å². The number of fused-ring (bicyclic) bond motifs is 2. The van der Waals surface area contributed by atoms with E-state index in [1.807, 2.05) is 0 Å². The molecule has 2 bridgehead atoms. The molecular formula is C13H17ClN2O2S. The largest absolute Gasteiger partial charge is 0.381 e. The molecule has 3 N–H and O–H groups in total. The van der Waals surface area contributed by atoms with Crippen molar-refractivity contribution in [1.29, 1.82) is 0 Å². The molecule has 0 aliphatic heterocycles. The zero-order chi connectivity index (χ0) is 13.6. The molecule has 4 nitrogen and oxygen atoms in total. The maximum absolute atomic E-state index is 11.4. The van der Waals surface area contributed by atoms with E-state index in [-0.39, 0.29) is 4.90 Å². The standard InChI is InChI=1S/C13H17ClN2O2S/c14-11-4-3-10(19(15,17)18)7-13(11)16-12-6-8-1-2-9(12)5-8/h3-4,7-9,12,16H,1-2,5-6H2,(H2,15,17,18). The summed E-state index contributed by atoms with van der Waals surface area (Å²) in [4.78, 5) is 0.0996. The predicted octanol–water partition coefficient (Wildman–Crippen LogP) is 2.59. The molecule has 2 saturated carbocycles. The fraction of sp³-hybridized carbons (Fsp3) is 0.538. The molecule has 0 radical (unpaired) electrons. The third-order valence-corrected chi connectivity index (χ3v) is 5.59. The van der Waals surface area contributed by atoms with Gasteiger partial charge < -0.3 is 5.32 Å². The van der Waals surface area contributed by atoms with Crippen LogP contribution in [0, 0.1) is 11.8 Å². The monoisotopic (exact) mass is 300 g/mol. The van der Waals surface area contributed by atoms with Gasteiger partial charge in [-0.1, -0.05) is 18.0 Å². The second kappa shape index (κ2) is 4.65. The van der Waals surface area contributed by atoms with Crippen molar-refractivity contribution in [3.05, 3.63) is 23.2 Å². The molecule has 0 heterocycles. The average Bonchev–Trinajstić information content (AvgIpc) is 2.92. The Labute approximate surface area is 118 Å². The molecule has 0 amide bonds. The van der Waals surface area contributed by atoms with Crippen LogP contribution in [0.1, 0.15) is 25.7 Å². The second-order valence-electron chi connectivity index (χ2n) is 5.61. The fourth-order valence-electron chi connectivity index (χ4n) is 3.41. The fourth-order valence-corrected chi connectivity index (χ4v) is 4.13. The SMILES string of the molecule is NS(=O)(=O)c1ccc(Cl)c(NC2CC3CCC2C3)c1. The number of sulfonamides is 1. The average molecular weight is 301 g/mol. The summed E-state index contributed by atoms with van der Waals surface area (Å²) in [7, 11) is -3.68. The molecule has 6 heteroatoms. The molecule has 0 aromatic heterocycles. The molecule has 1 aromatic rings. The summed E-state index contributed by atoms with van der Waals surface area (Å²) in [6.45, 7) is 0. The van der Waals surface area contributed by atoms with Crippen LogP contribution in [0.4, 0.5) is 5.69 Å². The van der Waals surface area contributed by atoms with Crippen LogP contribution in [-0.4, -0.2) is 14.5 Å². The maximum Gasteiger partial charge on any atom is 0.238 e. The van der Waals surface area contributed by atoms with Gasteiger partial charge in [0.25, 0.3) is 0 Å². The summed E-state index contributed by atoms with van der Waals surface area (Å²) in [5, 5.41) is 9.08. The number of hydrogen-bond donors (Lipinski definition) is 2. The topological polar surface area (TPSA) is 72.2 Å². The first-order valence-electron chi connectivity index (χ1n) is 6.52. The zero-order valence-corrected chi connectivity index (χ0v) is 12.0. The van der Waals surface area contributed by atoms with Gasteiger partial charge in [0.2, 0.25) is 10.0 Å². The Morgan fingerprint density at radius 1 is 1.26 bits per heavy atom. The lowest BCUT2D eigenvalue weighted by atomic mass is 9.95. The highest BCUT2D eigenvalue weighted by molar-refractivity contribution is 7.89. The van der Waals surface area contributed by atoms with Gasteiger partial charge in [-0.2, -0.15) is 0 Å². The summed E-state index contributed by atoms with van der Waals surface area (Å²) in [5.74, 6) is 1.52. The summed E-state index contributed by atoms with van der Waals surface area (Å²) >= 11 is 6.13. The Hall–Kier alpha value is -0.780. The van der Waals surface area contributed by atoms with Gasteiger partial charge >= 0.3 is 0 Å². The number of primary sulfonamides is 1. The minimum absolute atomic E-state index is 0.0996. The van der Waals surface area contributed by atoms with E-state index in [1.54, 1.807) is 6.07 Å². The number of halogens is 1. The molecule has 2 aliphatic rings. The summed E-state index contributed by atoms with van der Waals surface area (Å²) in [5.41, 5.74) is 0.672. The third kappa shape index (κ3) is 2.59. The number of nitrogens with one attached hydrogen (secondary N) is 1. The first kappa shape index (κ1) is 13.2. The van der Waals surface area contributed by atoms with Gasteiger partial charge in [-0.3, -0.25) is 0 Å². The minimum atomic E-state index is -3.68. The Morgan fingerprint density at radius 2 is 2.05 bits per heavy atom. The van der Waals surface area contributed by atoms with E-state index in [4.69, 9.17) is 16.7 Å². The van der Waals surface area contributed by atoms with Crippen LogP contribution in [0.5, 0.6) is 0 Å². The zero-order valence-electron chi connectivity index (χ0n) is 10.5. The van der Waals surface area contributed by atoms with Crippen LogP contribution in [-0.2, 0) is 10.0 Å². The van der Waals surface area contributed by atoms with Crippen molar-refractivity contribution >= 4 is 27.3 Å². The van der Waals surface area contributed by atoms with E-state index in [9.17, 15) is 8.42 Å². The highest BCUT2D eigenvalue weighted by Crippen LogP contribution is 2.46. The van der Waals surface area contributed by atoms with Gasteiger partial charge in [0.05, 0.1) is 15.6 Å². The number of rotatable bonds is 3. The van der Waals surface area contributed by atoms with Gasteiger partial charge in [-0.15, -0.1) is 0 Å². The summed E-state index contributed by atoms with van der Waals surface area (Å²) in [6, 6.07) is 4.96. The third-order valence-electron chi connectivity index (χ3n) is 4.35. The Bertz CT molecular complexity index is 603. The van der Waals surface area contributed by atoms with E-state index >= 15 is 0 Å². The first-order chi connectivity index (χ1) is 8.93. The second-order valence-corrected chi connectivity index (χ2v) is 7.58. The van der Waals surface area contributed by atoms with Crippen LogP contribution in [0.25, 0.3) is 0 Å². The number of nitrogens with two attached hydrogens (primary N) is 1. The summed E-state index contributed by atoms with van der Waals surface area (Å²) in [6.07, 6.45) is 5.02. The normalized spacial score (nSPS) is 29.7. The van der Waals surface area contributed by atoms with Crippen LogP contribution in [0.3, 0.4) is 0 Å². The van der Waals surface area contributed by atoms with Gasteiger partial charge in [0.1, 0.15) is 0 Å². The molecule has 104 valence electrons. The number of anilines is 1.